The van der Waals surface area contributed by atoms with E-state index in [4.69, 9.17) is 9.26 Å². The number of rotatable bonds is 6. The van der Waals surface area contributed by atoms with E-state index in [9.17, 15) is 4.79 Å². The van der Waals surface area contributed by atoms with Gasteiger partial charge in [-0.15, -0.1) is 0 Å². The molecule has 2 aromatic heterocycles. The third-order valence-corrected chi connectivity index (χ3v) is 7.19. The summed E-state index contributed by atoms with van der Waals surface area (Å²) in [5.74, 6) is 2.98. The second kappa shape index (κ2) is 13.8. The van der Waals surface area contributed by atoms with Crippen molar-refractivity contribution in [2.75, 3.05) is 0 Å². The zero-order valence-electron chi connectivity index (χ0n) is 28.0. The van der Waals surface area contributed by atoms with Gasteiger partial charge in [-0.3, -0.25) is 4.68 Å². The Hall–Kier alpha value is -2.37. The smallest absolute Gasteiger partial charge is 0.335 e. The van der Waals surface area contributed by atoms with Gasteiger partial charge in [-0.05, 0) is 89.2 Å². The van der Waals surface area contributed by atoms with Gasteiger partial charge in [-0.2, -0.15) is 5.10 Å². The number of nitrogens with zero attached hydrogens (tertiary/aromatic N) is 3. The van der Waals surface area contributed by atoms with Crippen molar-refractivity contribution in [2.24, 2.45) is 11.8 Å². The van der Waals surface area contributed by atoms with Crippen molar-refractivity contribution in [3.8, 4) is 0 Å². The lowest BCUT2D eigenvalue weighted by Gasteiger charge is -2.24. The van der Waals surface area contributed by atoms with Crippen LogP contribution in [-0.4, -0.2) is 26.5 Å². The van der Waals surface area contributed by atoms with Crippen LogP contribution in [0.15, 0.2) is 15.7 Å². The maximum atomic E-state index is 11.7. The highest BCUT2D eigenvalue weighted by atomic mass is 16.6. The summed E-state index contributed by atoms with van der Waals surface area (Å²) in [6.45, 7) is 35.9. The van der Waals surface area contributed by atoms with Crippen LogP contribution in [-0.2, 0) is 9.53 Å². The standard InChI is InChI=1S/C12H20O2.C11H20N2.C10H17NO/c1-7(2)9-10(8(3)4)12(5,6)14-11(9)13;1-7(2)11-9(5)10(6)12-13(11)8(3)4;1-6(2)9-8(5)12-11-10(9)7(3)4/h7-8H,1-6H3;7-8H,1-6H3;6-7H,1-5H3. The Bertz CT molecular complexity index is 1130. The largest absolute Gasteiger partial charge is 0.452 e. The first kappa shape index (κ1) is 34.7. The average molecular weight is 544 g/mol. The number of aromatic nitrogens is 3. The fourth-order valence-electron chi connectivity index (χ4n) is 5.58. The van der Waals surface area contributed by atoms with Crippen LogP contribution in [0.25, 0.3) is 0 Å². The van der Waals surface area contributed by atoms with Crippen molar-refractivity contribution in [1.82, 2.24) is 14.9 Å². The van der Waals surface area contributed by atoms with E-state index in [0.29, 0.717) is 29.7 Å². The van der Waals surface area contributed by atoms with Crippen molar-refractivity contribution >= 4 is 5.97 Å². The highest BCUT2D eigenvalue weighted by Gasteiger charge is 2.42. The number of hydrogen-bond acceptors (Lipinski definition) is 5. The SMILES string of the molecule is CC(C)C1=C(C(C)C)C(C)(C)OC1=O.Cc1nn(C(C)C)c(C(C)C)c1C.Cc1onc(C(C)C)c1C(C)C. The van der Waals surface area contributed by atoms with Crippen LogP contribution in [0.4, 0.5) is 0 Å². The highest BCUT2D eigenvalue weighted by molar-refractivity contribution is 5.93. The maximum Gasteiger partial charge on any atom is 0.335 e. The van der Waals surface area contributed by atoms with Gasteiger partial charge < -0.3 is 9.26 Å². The monoisotopic (exact) mass is 543 g/mol. The summed E-state index contributed by atoms with van der Waals surface area (Å²) in [6.07, 6.45) is 0. The van der Waals surface area contributed by atoms with Crippen molar-refractivity contribution in [2.45, 2.75) is 147 Å². The number of hydrogen-bond donors (Lipinski definition) is 0. The fraction of sp³-hybridized carbons (Fsp3) is 0.727. The van der Waals surface area contributed by atoms with Crippen LogP contribution in [0.2, 0.25) is 0 Å². The normalized spacial score (nSPS) is 15.0. The molecule has 0 unspecified atom stereocenters. The summed E-state index contributed by atoms with van der Waals surface area (Å²) < 4.78 is 12.7. The second-order valence-corrected chi connectivity index (χ2v) is 13.2. The molecule has 0 spiro atoms. The van der Waals surface area contributed by atoms with Gasteiger partial charge in [0.15, 0.2) is 0 Å². The Morgan fingerprint density at radius 3 is 1.59 bits per heavy atom. The third kappa shape index (κ3) is 8.31. The van der Waals surface area contributed by atoms with E-state index in [-0.39, 0.29) is 11.9 Å². The Kier molecular flexibility index (Phi) is 12.3. The molecule has 222 valence electrons. The van der Waals surface area contributed by atoms with Gasteiger partial charge in [0.05, 0.1) is 11.4 Å². The van der Waals surface area contributed by atoms with Gasteiger partial charge in [0.2, 0.25) is 0 Å². The van der Waals surface area contributed by atoms with E-state index in [1.165, 1.54) is 16.8 Å². The fourth-order valence-corrected chi connectivity index (χ4v) is 5.58. The van der Waals surface area contributed by atoms with E-state index in [2.05, 4.69) is 98.0 Å². The number of carbonyl (C=O) groups is 1. The van der Waals surface area contributed by atoms with Crippen LogP contribution >= 0.6 is 0 Å². The molecule has 0 amide bonds. The molecule has 0 N–H and O–H groups in total. The summed E-state index contributed by atoms with van der Waals surface area (Å²) in [4.78, 5) is 11.7. The predicted molar refractivity (Wildman–Crippen MR) is 162 cm³/mol. The van der Waals surface area contributed by atoms with Gasteiger partial charge in [0.1, 0.15) is 11.4 Å². The number of ether oxygens (including phenoxy) is 1. The van der Waals surface area contributed by atoms with Crippen LogP contribution in [0.5, 0.6) is 0 Å². The molecular weight excluding hydrogens is 486 g/mol. The molecule has 0 fully saturated rings. The minimum Gasteiger partial charge on any atom is -0.452 e. The molecule has 0 bridgehead atoms. The van der Waals surface area contributed by atoms with Crippen LogP contribution in [0.1, 0.15) is 155 Å². The zero-order chi connectivity index (χ0) is 30.6. The molecular formula is C33H57N3O3. The predicted octanol–water partition coefficient (Wildman–Crippen LogP) is 9.36. The lowest BCUT2D eigenvalue weighted by Crippen LogP contribution is -2.25. The molecule has 0 saturated carbocycles. The van der Waals surface area contributed by atoms with E-state index < -0.39 is 5.60 Å². The first-order valence-corrected chi connectivity index (χ1v) is 14.7. The van der Waals surface area contributed by atoms with E-state index in [1.54, 1.807) is 0 Å². The molecule has 1 aliphatic rings. The number of aryl methyl sites for hydroxylation is 2. The zero-order valence-corrected chi connectivity index (χ0v) is 28.0. The topological polar surface area (TPSA) is 70.2 Å². The average Bonchev–Trinajstić information content (AvgIpc) is 3.39. The van der Waals surface area contributed by atoms with E-state index in [1.807, 2.05) is 34.6 Å². The summed E-state index contributed by atoms with van der Waals surface area (Å²) in [5.41, 5.74) is 7.92. The van der Waals surface area contributed by atoms with E-state index >= 15 is 0 Å². The minimum atomic E-state index is -0.412. The quantitative estimate of drug-likeness (QED) is 0.339. The van der Waals surface area contributed by atoms with Gasteiger partial charge in [-0.1, -0.05) is 74.4 Å². The Balaban J connectivity index is 0.000000293. The molecule has 0 atom stereocenters. The maximum absolute atomic E-state index is 11.7. The van der Waals surface area contributed by atoms with Gasteiger partial charge >= 0.3 is 5.97 Å². The summed E-state index contributed by atoms with van der Waals surface area (Å²) in [6, 6.07) is 0.463. The molecule has 3 rings (SSSR count). The molecule has 6 heteroatoms. The van der Waals surface area contributed by atoms with Gasteiger partial charge in [0, 0.05) is 22.9 Å². The van der Waals surface area contributed by atoms with Crippen LogP contribution in [0, 0.1) is 32.6 Å². The first-order chi connectivity index (χ1) is 17.8. The molecule has 2 aromatic rings. The molecule has 6 nitrogen and oxygen atoms in total. The summed E-state index contributed by atoms with van der Waals surface area (Å²) >= 11 is 0. The number of esters is 1. The van der Waals surface area contributed by atoms with Crippen molar-refractivity contribution in [1.29, 1.82) is 0 Å². The van der Waals surface area contributed by atoms with Crippen molar-refractivity contribution < 1.29 is 14.1 Å². The summed E-state index contributed by atoms with van der Waals surface area (Å²) in [5, 5.41) is 8.61. The highest BCUT2D eigenvalue weighted by Crippen LogP contribution is 2.39. The molecule has 0 saturated heterocycles. The van der Waals surface area contributed by atoms with Crippen LogP contribution < -0.4 is 0 Å². The van der Waals surface area contributed by atoms with E-state index in [0.717, 1.165) is 28.3 Å². The first-order valence-electron chi connectivity index (χ1n) is 14.7. The van der Waals surface area contributed by atoms with Crippen molar-refractivity contribution in [3.05, 3.63) is 45.1 Å². The molecule has 39 heavy (non-hydrogen) atoms. The van der Waals surface area contributed by atoms with Gasteiger partial charge in [-0.25, -0.2) is 4.79 Å². The number of cyclic esters (lactones) is 1. The Morgan fingerprint density at radius 2 is 1.28 bits per heavy atom. The van der Waals surface area contributed by atoms with Crippen LogP contribution in [0.3, 0.4) is 0 Å². The Morgan fingerprint density at radius 1 is 0.744 bits per heavy atom. The molecule has 1 aliphatic heterocycles. The third-order valence-electron chi connectivity index (χ3n) is 7.19. The molecule has 0 aliphatic carbocycles. The van der Waals surface area contributed by atoms with Crippen molar-refractivity contribution in [3.63, 3.8) is 0 Å². The summed E-state index contributed by atoms with van der Waals surface area (Å²) in [7, 11) is 0. The Labute approximate surface area is 239 Å². The number of carbonyl (C=O) groups excluding carboxylic acids is 1. The van der Waals surface area contributed by atoms with Gasteiger partial charge in [0.25, 0.3) is 0 Å². The second-order valence-electron chi connectivity index (χ2n) is 13.2. The molecule has 0 radical (unpaired) electrons. The minimum absolute atomic E-state index is 0.131. The molecule has 3 heterocycles. The lowest BCUT2D eigenvalue weighted by atomic mass is 9.83. The molecule has 0 aromatic carbocycles. The lowest BCUT2D eigenvalue weighted by molar-refractivity contribution is -0.145.